The zero-order valence-corrected chi connectivity index (χ0v) is 15.4. The lowest BCUT2D eigenvalue weighted by Gasteiger charge is -2.02. The van der Waals surface area contributed by atoms with Gasteiger partial charge in [-0.25, -0.2) is 4.39 Å². The van der Waals surface area contributed by atoms with Gasteiger partial charge in [0.1, 0.15) is 5.82 Å². The molecule has 0 spiro atoms. The predicted molar refractivity (Wildman–Crippen MR) is 98.0 cm³/mol. The van der Waals surface area contributed by atoms with Crippen LogP contribution < -0.4 is 5.32 Å². The molecule has 0 aliphatic carbocycles. The molecule has 24 heavy (non-hydrogen) atoms. The van der Waals surface area contributed by atoms with Crippen LogP contribution in [0, 0.1) is 5.82 Å². The van der Waals surface area contributed by atoms with Crippen molar-refractivity contribution >= 4 is 50.1 Å². The molecule has 3 aromatic rings. The fraction of sp³-hybridized carbons (Fsp3) is 0.0625. The summed E-state index contributed by atoms with van der Waals surface area (Å²) in [5.41, 5.74) is 1.40. The summed E-state index contributed by atoms with van der Waals surface area (Å²) in [6.07, 6.45) is 0. The Kier molecular flexibility index (Phi) is 5.60. The number of halogens is 2. The van der Waals surface area contributed by atoms with Gasteiger partial charge in [-0.2, -0.15) is 0 Å². The highest BCUT2D eigenvalue weighted by Gasteiger charge is 2.13. The highest BCUT2D eigenvalue weighted by Crippen LogP contribution is 2.29. The molecule has 0 aliphatic rings. The zero-order chi connectivity index (χ0) is 16.9. The van der Waals surface area contributed by atoms with E-state index in [1.54, 1.807) is 24.3 Å². The van der Waals surface area contributed by atoms with E-state index < -0.39 is 0 Å². The van der Waals surface area contributed by atoms with Crippen LogP contribution >= 0.6 is 39.0 Å². The van der Waals surface area contributed by atoms with E-state index in [4.69, 9.17) is 0 Å². The molecule has 8 heteroatoms. The summed E-state index contributed by atoms with van der Waals surface area (Å²) in [7, 11) is 0. The van der Waals surface area contributed by atoms with Gasteiger partial charge in [0.05, 0.1) is 5.56 Å². The van der Waals surface area contributed by atoms with Crippen LogP contribution in [-0.2, 0) is 5.75 Å². The lowest BCUT2D eigenvalue weighted by molar-refractivity contribution is 0.102. The average Bonchev–Trinajstić information content (AvgIpc) is 3.01. The Balaban J connectivity index is 1.61. The monoisotopic (exact) mass is 423 g/mol. The van der Waals surface area contributed by atoms with Crippen molar-refractivity contribution in [1.29, 1.82) is 0 Å². The molecule has 4 nitrogen and oxygen atoms in total. The number of thioether (sulfide) groups is 1. The van der Waals surface area contributed by atoms with Crippen molar-refractivity contribution in [2.24, 2.45) is 0 Å². The van der Waals surface area contributed by atoms with E-state index in [-0.39, 0.29) is 11.7 Å². The zero-order valence-electron chi connectivity index (χ0n) is 12.2. The standard InChI is InChI=1S/C16H11BrFN3OS2/c17-13-7-2-1-6-12(13)14(22)19-15-20-21-16(24-15)23-9-10-4-3-5-11(18)8-10/h1-8H,9H2,(H,19,20,22). The summed E-state index contributed by atoms with van der Waals surface area (Å²) < 4.78 is 14.6. The molecule has 0 fully saturated rings. The minimum Gasteiger partial charge on any atom is -0.296 e. The van der Waals surface area contributed by atoms with Gasteiger partial charge in [0.25, 0.3) is 5.91 Å². The van der Waals surface area contributed by atoms with Crippen LogP contribution in [0.5, 0.6) is 0 Å². The van der Waals surface area contributed by atoms with Gasteiger partial charge in [-0.1, -0.05) is 47.4 Å². The van der Waals surface area contributed by atoms with Crippen LogP contribution in [0.4, 0.5) is 9.52 Å². The Morgan fingerprint density at radius 1 is 1.21 bits per heavy atom. The first kappa shape index (κ1) is 17.1. The largest absolute Gasteiger partial charge is 0.296 e. The topological polar surface area (TPSA) is 54.9 Å². The second-order valence-corrected chi connectivity index (χ2v) is 7.78. The molecule has 1 N–H and O–H groups in total. The van der Waals surface area contributed by atoms with E-state index in [9.17, 15) is 9.18 Å². The van der Waals surface area contributed by atoms with Crippen molar-refractivity contribution in [2.75, 3.05) is 5.32 Å². The molecule has 0 saturated heterocycles. The minimum atomic E-state index is -0.258. The maximum absolute atomic E-state index is 13.1. The lowest BCUT2D eigenvalue weighted by Crippen LogP contribution is -2.12. The Bertz CT molecular complexity index is 872. The molecule has 2 aromatic carbocycles. The van der Waals surface area contributed by atoms with E-state index in [1.807, 2.05) is 12.1 Å². The number of hydrogen-bond donors (Lipinski definition) is 1. The molecular formula is C16H11BrFN3OS2. The van der Waals surface area contributed by atoms with Crippen molar-refractivity contribution < 1.29 is 9.18 Å². The third-order valence-electron chi connectivity index (χ3n) is 3.00. The fourth-order valence-corrected chi connectivity index (χ4v) is 4.06. The van der Waals surface area contributed by atoms with E-state index in [0.29, 0.717) is 25.3 Å². The molecule has 122 valence electrons. The minimum absolute atomic E-state index is 0.250. The maximum Gasteiger partial charge on any atom is 0.258 e. The molecule has 1 heterocycles. The number of aromatic nitrogens is 2. The second kappa shape index (κ2) is 7.87. The Labute approximate surface area is 154 Å². The number of nitrogens with zero attached hydrogens (tertiary/aromatic N) is 2. The molecule has 0 unspecified atom stereocenters. The first-order valence-electron chi connectivity index (χ1n) is 6.88. The van der Waals surface area contributed by atoms with Gasteiger partial charge >= 0.3 is 0 Å². The van der Waals surface area contributed by atoms with E-state index >= 15 is 0 Å². The quantitative estimate of drug-likeness (QED) is 0.464. The van der Waals surface area contributed by atoms with Crippen LogP contribution in [0.1, 0.15) is 15.9 Å². The van der Waals surface area contributed by atoms with Gasteiger partial charge in [0.15, 0.2) is 4.34 Å². The predicted octanol–water partition coefficient (Wildman–Crippen LogP) is 4.98. The van der Waals surface area contributed by atoms with E-state index in [0.717, 1.165) is 5.56 Å². The summed E-state index contributed by atoms with van der Waals surface area (Å²) >= 11 is 6.08. The fourth-order valence-electron chi connectivity index (χ4n) is 1.90. The van der Waals surface area contributed by atoms with Crippen molar-refractivity contribution in [2.45, 2.75) is 10.1 Å². The molecule has 0 radical (unpaired) electrons. The van der Waals surface area contributed by atoms with Crippen LogP contribution in [0.3, 0.4) is 0 Å². The first-order valence-corrected chi connectivity index (χ1v) is 9.48. The number of hydrogen-bond acceptors (Lipinski definition) is 5. The molecule has 0 aliphatic heterocycles. The van der Waals surface area contributed by atoms with Crippen LogP contribution in [0.15, 0.2) is 57.3 Å². The first-order chi connectivity index (χ1) is 11.6. The molecule has 0 saturated carbocycles. The summed E-state index contributed by atoms with van der Waals surface area (Å²) in [5.74, 6) is 0.0805. The molecule has 1 aromatic heterocycles. The van der Waals surface area contributed by atoms with E-state index in [1.165, 1.54) is 35.2 Å². The smallest absolute Gasteiger partial charge is 0.258 e. The summed E-state index contributed by atoms with van der Waals surface area (Å²) in [6.45, 7) is 0. The molecule has 0 atom stereocenters. The van der Waals surface area contributed by atoms with Gasteiger partial charge in [0, 0.05) is 10.2 Å². The van der Waals surface area contributed by atoms with E-state index in [2.05, 4.69) is 31.4 Å². The van der Waals surface area contributed by atoms with Crippen molar-refractivity contribution in [3.05, 3.63) is 69.9 Å². The highest BCUT2D eigenvalue weighted by molar-refractivity contribution is 9.10. The van der Waals surface area contributed by atoms with Gasteiger partial charge in [-0.05, 0) is 45.8 Å². The number of anilines is 1. The van der Waals surface area contributed by atoms with Gasteiger partial charge < -0.3 is 0 Å². The average molecular weight is 424 g/mol. The van der Waals surface area contributed by atoms with Crippen molar-refractivity contribution in [3.8, 4) is 0 Å². The highest BCUT2D eigenvalue weighted by atomic mass is 79.9. The Hall–Kier alpha value is -1.77. The summed E-state index contributed by atoms with van der Waals surface area (Å²) in [5, 5.41) is 11.2. The lowest BCUT2D eigenvalue weighted by atomic mass is 10.2. The van der Waals surface area contributed by atoms with Crippen LogP contribution in [0.2, 0.25) is 0 Å². The van der Waals surface area contributed by atoms with Gasteiger partial charge in [0.2, 0.25) is 5.13 Å². The summed E-state index contributed by atoms with van der Waals surface area (Å²) in [6, 6.07) is 13.6. The molecule has 1 amide bonds. The van der Waals surface area contributed by atoms with Crippen molar-refractivity contribution in [3.63, 3.8) is 0 Å². The normalized spacial score (nSPS) is 10.6. The van der Waals surface area contributed by atoms with Crippen LogP contribution in [0.25, 0.3) is 0 Å². The number of carbonyl (C=O) groups is 1. The number of rotatable bonds is 5. The third-order valence-corrected chi connectivity index (χ3v) is 5.73. The Morgan fingerprint density at radius 3 is 2.83 bits per heavy atom. The van der Waals surface area contributed by atoms with Gasteiger partial charge in [-0.15, -0.1) is 10.2 Å². The van der Waals surface area contributed by atoms with Gasteiger partial charge in [-0.3, -0.25) is 10.1 Å². The summed E-state index contributed by atoms with van der Waals surface area (Å²) in [4.78, 5) is 12.2. The third kappa shape index (κ3) is 4.40. The molecule has 3 rings (SSSR count). The Morgan fingerprint density at radius 2 is 2.04 bits per heavy atom. The number of benzene rings is 2. The number of carbonyl (C=O) groups excluding carboxylic acids is 1. The number of nitrogens with one attached hydrogen (secondary N) is 1. The SMILES string of the molecule is O=C(Nc1nnc(SCc2cccc(F)c2)s1)c1ccccc1Br. The molecule has 0 bridgehead atoms. The van der Waals surface area contributed by atoms with Crippen LogP contribution in [-0.4, -0.2) is 16.1 Å². The second-order valence-electron chi connectivity index (χ2n) is 4.73. The number of amides is 1. The maximum atomic E-state index is 13.1. The molecular weight excluding hydrogens is 413 g/mol. The van der Waals surface area contributed by atoms with Crippen molar-refractivity contribution in [1.82, 2.24) is 10.2 Å².